The van der Waals surface area contributed by atoms with Crippen LogP contribution in [0.4, 0.5) is 0 Å². The molecule has 0 aromatic carbocycles. The molecule has 1 aromatic heterocycles. The van der Waals surface area contributed by atoms with Crippen LogP contribution in [-0.4, -0.2) is 10.2 Å². The number of pyridine rings is 1. The van der Waals surface area contributed by atoms with E-state index in [4.69, 9.17) is 11.6 Å². The predicted octanol–water partition coefficient (Wildman–Crippen LogP) is 4.97. The van der Waals surface area contributed by atoms with Crippen molar-refractivity contribution in [2.24, 2.45) is 0 Å². The molecule has 0 fully saturated rings. The third-order valence-corrected chi connectivity index (χ3v) is 2.73. The Labute approximate surface area is 116 Å². The number of nitrogens with zero attached hydrogens (tertiary/aromatic N) is 1. The molecule has 102 valence electrons. The van der Waals surface area contributed by atoms with Gasteiger partial charge in [0.1, 0.15) is 0 Å². The summed E-state index contributed by atoms with van der Waals surface area (Å²) < 4.78 is 0. The lowest BCUT2D eigenvalue weighted by molar-refractivity contribution is -0.111. The Bertz CT molecular complexity index is 250. The maximum Gasteiger partial charge on any atom is 0.221 e. The fourth-order valence-electron chi connectivity index (χ4n) is 1.53. The van der Waals surface area contributed by atoms with Crippen LogP contribution < -0.4 is 0 Å². The SMILES string of the molecule is CCCCCCCCCC(=O)Cl.c1ccncc1. The second-order valence-electron chi connectivity index (χ2n) is 4.25. The van der Waals surface area contributed by atoms with Gasteiger partial charge in [0.15, 0.2) is 0 Å². The van der Waals surface area contributed by atoms with Gasteiger partial charge in [0, 0.05) is 18.8 Å². The molecule has 3 heteroatoms. The van der Waals surface area contributed by atoms with Crippen molar-refractivity contribution < 1.29 is 4.79 Å². The van der Waals surface area contributed by atoms with Crippen LogP contribution >= 0.6 is 11.6 Å². The molecule has 0 aliphatic rings. The first-order valence-electron chi connectivity index (χ1n) is 6.80. The second kappa shape index (κ2) is 14.2. The topological polar surface area (TPSA) is 30.0 Å². The highest BCUT2D eigenvalue weighted by Crippen LogP contribution is 2.08. The third-order valence-electron chi connectivity index (χ3n) is 2.54. The Balaban J connectivity index is 0.000000397. The molecule has 0 bridgehead atoms. The van der Waals surface area contributed by atoms with E-state index in [-0.39, 0.29) is 5.24 Å². The molecule has 1 aromatic rings. The molecule has 0 radical (unpaired) electrons. The lowest BCUT2D eigenvalue weighted by Crippen LogP contribution is -1.86. The van der Waals surface area contributed by atoms with E-state index in [0.29, 0.717) is 6.42 Å². The van der Waals surface area contributed by atoms with Crippen molar-refractivity contribution >= 4 is 16.8 Å². The van der Waals surface area contributed by atoms with Gasteiger partial charge in [0.25, 0.3) is 0 Å². The van der Waals surface area contributed by atoms with E-state index in [2.05, 4.69) is 11.9 Å². The number of unbranched alkanes of at least 4 members (excludes halogenated alkanes) is 6. The maximum absolute atomic E-state index is 10.3. The minimum absolute atomic E-state index is 0.191. The van der Waals surface area contributed by atoms with E-state index < -0.39 is 0 Å². The van der Waals surface area contributed by atoms with Crippen LogP contribution in [0.2, 0.25) is 0 Å². The molecular formula is C15H24ClNO. The van der Waals surface area contributed by atoms with Gasteiger partial charge in [-0.05, 0) is 30.2 Å². The van der Waals surface area contributed by atoms with E-state index in [1.165, 1.54) is 32.1 Å². The Hall–Kier alpha value is -0.890. The average Bonchev–Trinajstić information content (AvgIpc) is 2.40. The Morgan fingerprint density at radius 1 is 0.944 bits per heavy atom. The van der Waals surface area contributed by atoms with Gasteiger partial charge in [0.05, 0.1) is 0 Å². The molecule has 1 heterocycles. The quantitative estimate of drug-likeness (QED) is 0.492. The number of rotatable bonds is 8. The molecule has 0 amide bonds. The summed E-state index contributed by atoms with van der Waals surface area (Å²) in [5, 5.41) is -0.191. The molecular weight excluding hydrogens is 246 g/mol. The second-order valence-corrected chi connectivity index (χ2v) is 4.67. The number of carbonyl (C=O) groups is 1. The fraction of sp³-hybridized carbons (Fsp3) is 0.600. The van der Waals surface area contributed by atoms with Gasteiger partial charge in [-0.1, -0.05) is 51.5 Å². The van der Waals surface area contributed by atoms with Crippen LogP contribution in [0.3, 0.4) is 0 Å². The first-order valence-corrected chi connectivity index (χ1v) is 7.18. The van der Waals surface area contributed by atoms with Crippen molar-refractivity contribution in [2.45, 2.75) is 58.3 Å². The van der Waals surface area contributed by atoms with Crippen molar-refractivity contribution in [1.82, 2.24) is 4.98 Å². The summed E-state index contributed by atoms with van der Waals surface area (Å²) in [5.74, 6) is 0. The summed E-state index contributed by atoms with van der Waals surface area (Å²) in [7, 11) is 0. The third kappa shape index (κ3) is 15.1. The van der Waals surface area contributed by atoms with Crippen molar-refractivity contribution in [1.29, 1.82) is 0 Å². The molecule has 0 N–H and O–H groups in total. The zero-order valence-electron chi connectivity index (χ0n) is 11.3. The van der Waals surface area contributed by atoms with E-state index in [1.807, 2.05) is 18.2 Å². The Morgan fingerprint density at radius 2 is 1.50 bits per heavy atom. The summed E-state index contributed by atoms with van der Waals surface area (Å²) in [5.41, 5.74) is 0. The van der Waals surface area contributed by atoms with E-state index in [9.17, 15) is 4.79 Å². The largest absolute Gasteiger partial charge is 0.281 e. The number of halogens is 1. The first-order chi connectivity index (χ1) is 8.77. The van der Waals surface area contributed by atoms with E-state index in [0.717, 1.165) is 12.8 Å². The highest BCUT2D eigenvalue weighted by molar-refractivity contribution is 6.63. The van der Waals surface area contributed by atoms with Gasteiger partial charge in [-0.2, -0.15) is 0 Å². The minimum Gasteiger partial charge on any atom is -0.281 e. The lowest BCUT2D eigenvalue weighted by atomic mass is 10.1. The zero-order chi connectivity index (χ0) is 13.5. The molecule has 0 unspecified atom stereocenters. The van der Waals surface area contributed by atoms with Gasteiger partial charge in [-0.15, -0.1) is 0 Å². The van der Waals surface area contributed by atoms with E-state index in [1.54, 1.807) is 12.4 Å². The van der Waals surface area contributed by atoms with Crippen LogP contribution in [0.5, 0.6) is 0 Å². The monoisotopic (exact) mass is 269 g/mol. The number of carbonyl (C=O) groups excluding carboxylic acids is 1. The number of hydrogen-bond donors (Lipinski definition) is 0. The zero-order valence-corrected chi connectivity index (χ0v) is 12.0. The fourth-order valence-corrected chi connectivity index (χ4v) is 1.67. The molecule has 0 aliphatic carbocycles. The molecule has 0 atom stereocenters. The Morgan fingerprint density at radius 3 is 1.89 bits per heavy atom. The molecule has 1 rings (SSSR count). The summed E-state index contributed by atoms with van der Waals surface area (Å²) >= 11 is 5.20. The highest BCUT2D eigenvalue weighted by atomic mass is 35.5. The normalized spacial score (nSPS) is 9.44. The summed E-state index contributed by atoms with van der Waals surface area (Å²) in [6, 6.07) is 5.72. The Kier molecular flexibility index (Phi) is 13.5. The molecule has 2 nitrogen and oxygen atoms in total. The van der Waals surface area contributed by atoms with Gasteiger partial charge >= 0.3 is 0 Å². The lowest BCUT2D eigenvalue weighted by Gasteiger charge is -1.98. The number of hydrogen-bond acceptors (Lipinski definition) is 2. The highest BCUT2D eigenvalue weighted by Gasteiger charge is 1.95. The van der Waals surface area contributed by atoms with Gasteiger partial charge in [-0.3, -0.25) is 9.78 Å². The minimum atomic E-state index is -0.191. The van der Waals surface area contributed by atoms with Gasteiger partial charge in [0.2, 0.25) is 5.24 Å². The van der Waals surface area contributed by atoms with Crippen LogP contribution in [0, 0.1) is 0 Å². The van der Waals surface area contributed by atoms with Crippen LogP contribution in [-0.2, 0) is 4.79 Å². The van der Waals surface area contributed by atoms with Crippen molar-refractivity contribution in [3.8, 4) is 0 Å². The molecule has 0 spiro atoms. The van der Waals surface area contributed by atoms with Crippen LogP contribution in [0.25, 0.3) is 0 Å². The smallest absolute Gasteiger partial charge is 0.221 e. The summed E-state index contributed by atoms with van der Waals surface area (Å²) in [6.45, 7) is 2.21. The van der Waals surface area contributed by atoms with Crippen LogP contribution in [0.15, 0.2) is 30.6 Å². The van der Waals surface area contributed by atoms with Gasteiger partial charge < -0.3 is 0 Å². The molecule has 0 saturated heterocycles. The van der Waals surface area contributed by atoms with Gasteiger partial charge in [-0.25, -0.2) is 0 Å². The van der Waals surface area contributed by atoms with Crippen molar-refractivity contribution in [3.63, 3.8) is 0 Å². The standard InChI is InChI=1S/C10H19ClO.C5H5N/c1-2-3-4-5-6-7-8-9-10(11)12;1-2-4-6-5-3-1/h2-9H2,1H3;1-5H. The number of aromatic nitrogens is 1. The molecule has 0 saturated carbocycles. The van der Waals surface area contributed by atoms with E-state index >= 15 is 0 Å². The maximum atomic E-state index is 10.3. The van der Waals surface area contributed by atoms with Crippen LogP contribution in [0.1, 0.15) is 58.3 Å². The summed E-state index contributed by atoms with van der Waals surface area (Å²) in [6.07, 6.45) is 12.7. The predicted molar refractivity (Wildman–Crippen MR) is 77.7 cm³/mol. The molecule has 0 aliphatic heterocycles. The first kappa shape index (κ1) is 17.1. The molecule has 18 heavy (non-hydrogen) atoms. The van der Waals surface area contributed by atoms with Crippen molar-refractivity contribution in [2.75, 3.05) is 0 Å². The summed E-state index contributed by atoms with van der Waals surface area (Å²) in [4.78, 5) is 14.1. The average molecular weight is 270 g/mol. The van der Waals surface area contributed by atoms with Crippen molar-refractivity contribution in [3.05, 3.63) is 30.6 Å².